The van der Waals surface area contributed by atoms with E-state index in [0.29, 0.717) is 10.8 Å². The van der Waals surface area contributed by atoms with E-state index in [4.69, 9.17) is 0 Å². The topological polar surface area (TPSA) is 83.6 Å². The minimum atomic E-state index is -0.344. The van der Waals surface area contributed by atoms with E-state index in [2.05, 4.69) is 25.5 Å². The zero-order chi connectivity index (χ0) is 17.2. The van der Waals surface area contributed by atoms with E-state index in [-0.39, 0.29) is 11.2 Å². The first kappa shape index (κ1) is 15.6. The number of fused-ring (bicyclic) bond motifs is 3. The zero-order valence-electron chi connectivity index (χ0n) is 13.4. The van der Waals surface area contributed by atoms with Crippen LogP contribution >= 0.6 is 11.8 Å². The molecule has 4 aromatic rings. The maximum absolute atomic E-state index is 12.3. The van der Waals surface area contributed by atoms with Crippen LogP contribution in [0.1, 0.15) is 6.92 Å². The van der Waals surface area contributed by atoms with Crippen molar-refractivity contribution in [2.24, 2.45) is 0 Å². The highest BCUT2D eigenvalue weighted by molar-refractivity contribution is 8.00. The Labute approximate surface area is 148 Å². The van der Waals surface area contributed by atoms with Gasteiger partial charge in [0, 0.05) is 16.6 Å². The van der Waals surface area contributed by atoms with Crippen LogP contribution in [0.4, 0.5) is 5.69 Å². The number of nitrogens with zero attached hydrogens (tertiary/aromatic N) is 3. The van der Waals surface area contributed by atoms with Gasteiger partial charge >= 0.3 is 0 Å². The van der Waals surface area contributed by atoms with Gasteiger partial charge in [-0.2, -0.15) is 0 Å². The Balaban J connectivity index is 1.53. The van der Waals surface area contributed by atoms with Gasteiger partial charge in [-0.05, 0) is 25.1 Å². The van der Waals surface area contributed by atoms with Gasteiger partial charge in [0.1, 0.15) is 5.52 Å². The van der Waals surface area contributed by atoms with E-state index in [1.165, 1.54) is 11.8 Å². The van der Waals surface area contributed by atoms with E-state index < -0.39 is 0 Å². The van der Waals surface area contributed by atoms with Crippen molar-refractivity contribution < 1.29 is 4.79 Å². The number of carbonyl (C=O) groups excluding carboxylic acids is 1. The highest BCUT2D eigenvalue weighted by Crippen LogP contribution is 2.25. The van der Waals surface area contributed by atoms with Crippen LogP contribution in [-0.2, 0) is 4.79 Å². The molecular formula is C18H15N5OS. The van der Waals surface area contributed by atoms with Gasteiger partial charge < -0.3 is 10.3 Å². The number of benzene rings is 2. The SMILES string of the molecule is CC(Sc1nnc2c(n1)[nH]c1ccccc12)C(=O)Nc1ccccc1. The largest absolute Gasteiger partial charge is 0.338 e. The summed E-state index contributed by atoms with van der Waals surface area (Å²) in [5, 5.41) is 12.4. The highest BCUT2D eigenvalue weighted by Gasteiger charge is 2.17. The zero-order valence-corrected chi connectivity index (χ0v) is 14.2. The second-order valence-electron chi connectivity index (χ2n) is 5.58. The standard InChI is InChI=1S/C18H15N5OS/c1-11(17(24)19-12-7-3-2-4-8-12)25-18-21-16-15(22-23-18)13-9-5-6-10-14(13)20-16/h2-11H,1H3,(H,19,24)(H,20,21,23). The molecule has 1 amide bonds. The minimum absolute atomic E-state index is 0.100. The fourth-order valence-corrected chi connectivity index (χ4v) is 3.25. The molecular weight excluding hydrogens is 334 g/mol. The summed E-state index contributed by atoms with van der Waals surface area (Å²) >= 11 is 1.28. The summed E-state index contributed by atoms with van der Waals surface area (Å²) in [6.07, 6.45) is 0. The third-order valence-corrected chi connectivity index (χ3v) is 4.75. The molecule has 25 heavy (non-hydrogen) atoms. The molecule has 0 saturated carbocycles. The first-order valence-electron chi connectivity index (χ1n) is 7.84. The number of aromatic amines is 1. The Morgan fingerprint density at radius 1 is 1.08 bits per heavy atom. The average Bonchev–Trinajstić information content (AvgIpc) is 3.00. The number of amides is 1. The number of aromatic nitrogens is 4. The third-order valence-electron chi connectivity index (χ3n) is 3.80. The number of hydrogen-bond acceptors (Lipinski definition) is 5. The lowest BCUT2D eigenvalue weighted by molar-refractivity contribution is -0.115. The van der Waals surface area contributed by atoms with E-state index in [1.807, 2.05) is 61.5 Å². The lowest BCUT2D eigenvalue weighted by atomic mass is 10.2. The maximum atomic E-state index is 12.3. The Bertz CT molecular complexity index is 1050. The van der Waals surface area contributed by atoms with Crippen LogP contribution in [0.2, 0.25) is 0 Å². The first-order valence-corrected chi connectivity index (χ1v) is 8.72. The number of rotatable bonds is 4. The molecule has 0 bridgehead atoms. The number of thioether (sulfide) groups is 1. The number of nitrogens with one attached hydrogen (secondary N) is 2. The summed E-state index contributed by atoms with van der Waals surface area (Å²) < 4.78 is 0. The van der Waals surface area contributed by atoms with Crippen LogP contribution < -0.4 is 5.32 Å². The van der Waals surface area contributed by atoms with Crippen molar-refractivity contribution in [3.05, 3.63) is 54.6 Å². The van der Waals surface area contributed by atoms with Gasteiger partial charge in [-0.3, -0.25) is 4.79 Å². The van der Waals surface area contributed by atoms with Crippen LogP contribution in [0.5, 0.6) is 0 Å². The molecule has 0 saturated heterocycles. The Morgan fingerprint density at radius 3 is 2.68 bits per heavy atom. The van der Waals surface area contributed by atoms with Crippen molar-refractivity contribution in [2.75, 3.05) is 5.32 Å². The van der Waals surface area contributed by atoms with Crippen LogP contribution in [0.25, 0.3) is 22.1 Å². The number of H-pyrrole nitrogens is 1. The fourth-order valence-electron chi connectivity index (χ4n) is 2.53. The summed E-state index contributed by atoms with van der Waals surface area (Å²) in [5.41, 5.74) is 3.15. The van der Waals surface area contributed by atoms with E-state index in [1.54, 1.807) is 0 Å². The van der Waals surface area contributed by atoms with Gasteiger partial charge in [-0.25, -0.2) is 4.98 Å². The predicted molar refractivity (Wildman–Crippen MR) is 99.6 cm³/mol. The van der Waals surface area contributed by atoms with Gasteiger partial charge in [0.05, 0.1) is 5.25 Å². The monoisotopic (exact) mass is 349 g/mol. The molecule has 0 radical (unpaired) electrons. The van der Waals surface area contributed by atoms with Crippen LogP contribution in [0, 0.1) is 0 Å². The smallest absolute Gasteiger partial charge is 0.237 e. The molecule has 1 atom stereocenters. The van der Waals surface area contributed by atoms with Crippen molar-refractivity contribution in [2.45, 2.75) is 17.3 Å². The quantitative estimate of drug-likeness (QED) is 0.550. The molecule has 7 heteroatoms. The maximum Gasteiger partial charge on any atom is 0.237 e. The summed E-state index contributed by atoms with van der Waals surface area (Å²) in [6, 6.07) is 17.2. The molecule has 0 fully saturated rings. The Kier molecular flexibility index (Phi) is 4.07. The van der Waals surface area contributed by atoms with Crippen molar-refractivity contribution in [3.8, 4) is 0 Å². The molecule has 6 nitrogen and oxygen atoms in total. The molecule has 0 aliphatic carbocycles. The molecule has 4 rings (SSSR count). The number of anilines is 1. The molecule has 0 spiro atoms. The van der Waals surface area contributed by atoms with Gasteiger partial charge in [0.25, 0.3) is 0 Å². The molecule has 1 unspecified atom stereocenters. The molecule has 0 aliphatic heterocycles. The molecule has 124 valence electrons. The minimum Gasteiger partial charge on any atom is -0.338 e. The van der Waals surface area contributed by atoms with E-state index >= 15 is 0 Å². The van der Waals surface area contributed by atoms with Crippen LogP contribution in [0.15, 0.2) is 59.8 Å². The summed E-state index contributed by atoms with van der Waals surface area (Å²) in [4.78, 5) is 20.0. The van der Waals surface area contributed by atoms with Gasteiger partial charge in [-0.1, -0.05) is 48.2 Å². The van der Waals surface area contributed by atoms with Crippen LogP contribution in [0.3, 0.4) is 0 Å². The molecule has 2 N–H and O–H groups in total. The summed E-state index contributed by atoms with van der Waals surface area (Å²) in [7, 11) is 0. The summed E-state index contributed by atoms with van der Waals surface area (Å²) in [6.45, 7) is 1.82. The molecule has 2 aromatic heterocycles. The predicted octanol–water partition coefficient (Wildman–Crippen LogP) is 3.63. The normalized spacial score (nSPS) is 12.4. The lowest BCUT2D eigenvalue weighted by Gasteiger charge is -2.10. The van der Waals surface area contributed by atoms with Crippen molar-refractivity contribution >= 4 is 45.4 Å². The van der Waals surface area contributed by atoms with Gasteiger partial charge in [0.2, 0.25) is 11.1 Å². The first-order chi connectivity index (χ1) is 12.2. The molecule has 2 aromatic carbocycles. The Morgan fingerprint density at radius 2 is 1.84 bits per heavy atom. The fraction of sp³-hybridized carbons (Fsp3) is 0.111. The van der Waals surface area contributed by atoms with Crippen molar-refractivity contribution in [1.29, 1.82) is 0 Å². The second kappa shape index (κ2) is 6.52. The average molecular weight is 349 g/mol. The highest BCUT2D eigenvalue weighted by atomic mass is 32.2. The van der Waals surface area contributed by atoms with Crippen molar-refractivity contribution in [1.82, 2.24) is 20.2 Å². The van der Waals surface area contributed by atoms with Crippen LogP contribution in [-0.4, -0.2) is 31.3 Å². The number of para-hydroxylation sites is 2. The van der Waals surface area contributed by atoms with E-state index in [9.17, 15) is 4.79 Å². The van der Waals surface area contributed by atoms with E-state index in [0.717, 1.165) is 22.1 Å². The second-order valence-corrected chi connectivity index (χ2v) is 6.89. The van der Waals surface area contributed by atoms with Crippen molar-refractivity contribution in [3.63, 3.8) is 0 Å². The lowest BCUT2D eigenvalue weighted by Crippen LogP contribution is -2.22. The summed E-state index contributed by atoms with van der Waals surface area (Å²) in [5.74, 6) is -0.100. The third kappa shape index (κ3) is 3.18. The van der Waals surface area contributed by atoms with Gasteiger partial charge in [-0.15, -0.1) is 10.2 Å². The molecule has 2 heterocycles. The molecule has 0 aliphatic rings. The number of hydrogen-bond donors (Lipinski definition) is 2. The number of carbonyl (C=O) groups is 1. The Hall–Kier alpha value is -2.93. The van der Waals surface area contributed by atoms with Gasteiger partial charge in [0.15, 0.2) is 5.65 Å².